The van der Waals surface area contributed by atoms with Crippen LogP contribution in [0.4, 0.5) is 0 Å². The van der Waals surface area contributed by atoms with Crippen LogP contribution in [0.1, 0.15) is 30.7 Å². The summed E-state index contributed by atoms with van der Waals surface area (Å²) in [6, 6.07) is 15.0. The van der Waals surface area contributed by atoms with Gasteiger partial charge in [-0.3, -0.25) is 0 Å². The molecule has 1 atom stereocenters. The Balaban J connectivity index is 1.84. The average molecular weight is 229 g/mol. The molecule has 1 unspecified atom stereocenters. The van der Waals surface area contributed by atoms with Gasteiger partial charge in [-0.25, -0.2) is 0 Å². The van der Waals surface area contributed by atoms with Crippen molar-refractivity contribution in [3.8, 4) is 0 Å². The summed E-state index contributed by atoms with van der Waals surface area (Å²) in [5.74, 6) is 1.04. The molecule has 90 valence electrons. The highest BCUT2D eigenvalue weighted by Gasteiger charge is 2.07. The van der Waals surface area contributed by atoms with Crippen molar-refractivity contribution in [1.29, 1.82) is 0 Å². The van der Waals surface area contributed by atoms with Gasteiger partial charge < -0.3 is 9.73 Å². The third-order valence-electron chi connectivity index (χ3n) is 2.95. The highest BCUT2D eigenvalue weighted by molar-refractivity contribution is 5.18. The second-order valence-electron chi connectivity index (χ2n) is 4.16. The number of hydrogen-bond acceptors (Lipinski definition) is 2. The Hall–Kier alpha value is -1.54. The fraction of sp³-hybridized carbons (Fsp3) is 0.333. The summed E-state index contributed by atoms with van der Waals surface area (Å²) in [5.41, 5.74) is 1.36. The first-order chi connectivity index (χ1) is 8.40. The molecule has 0 aliphatic carbocycles. The van der Waals surface area contributed by atoms with E-state index in [1.54, 1.807) is 6.26 Å². The van der Waals surface area contributed by atoms with Gasteiger partial charge in [0.05, 0.1) is 6.26 Å². The molecule has 0 saturated heterocycles. The molecule has 2 heteroatoms. The van der Waals surface area contributed by atoms with Gasteiger partial charge in [0.1, 0.15) is 5.76 Å². The van der Waals surface area contributed by atoms with E-state index >= 15 is 0 Å². The molecule has 17 heavy (non-hydrogen) atoms. The third kappa shape index (κ3) is 3.46. The average Bonchev–Trinajstić information content (AvgIpc) is 2.89. The zero-order valence-electron chi connectivity index (χ0n) is 10.2. The lowest BCUT2D eigenvalue weighted by atomic mass is 10.0. The van der Waals surface area contributed by atoms with Crippen LogP contribution in [-0.4, -0.2) is 6.54 Å². The van der Waals surface area contributed by atoms with Crippen molar-refractivity contribution in [3.63, 3.8) is 0 Å². The molecule has 1 heterocycles. The highest BCUT2D eigenvalue weighted by Crippen LogP contribution is 2.15. The van der Waals surface area contributed by atoms with Crippen LogP contribution in [0.25, 0.3) is 0 Å². The topological polar surface area (TPSA) is 25.2 Å². The monoisotopic (exact) mass is 229 g/mol. The van der Waals surface area contributed by atoms with Gasteiger partial charge in [-0.15, -0.1) is 0 Å². The summed E-state index contributed by atoms with van der Waals surface area (Å²) >= 11 is 0. The molecule has 2 rings (SSSR count). The number of nitrogens with one attached hydrogen (secondary N) is 1. The highest BCUT2D eigenvalue weighted by atomic mass is 16.3. The largest absolute Gasteiger partial charge is 0.469 e. The molecule has 1 N–H and O–H groups in total. The molecule has 2 nitrogen and oxygen atoms in total. The first kappa shape index (κ1) is 11.9. The second kappa shape index (κ2) is 6.26. The van der Waals surface area contributed by atoms with Crippen molar-refractivity contribution in [2.75, 3.05) is 6.54 Å². The van der Waals surface area contributed by atoms with Gasteiger partial charge in [0.25, 0.3) is 0 Å². The maximum atomic E-state index is 5.31. The smallest absolute Gasteiger partial charge is 0.105 e. The van der Waals surface area contributed by atoms with Crippen molar-refractivity contribution in [1.82, 2.24) is 5.32 Å². The number of benzene rings is 1. The van der Waals surface area contributed by atoms with Crippen molar-refractivity contribution >= 4 is 0 Å². The first-order valence-corrected chi connectivity index (χ1v) is 6.21. The molecule has 0 radical (unpaired) electrons. The summed E-state index contributed by atoms with van der Waals surface area (Å²) < 4.78 is 5.31. The van der Waals surface area contributed by atoms with Gasteiger partial charge in [0, 0.05) is 19.0 Å². The quantitative estimate of drug-likeness (QED) is 0.819. The van der Waals surface area contributed by atoms with Gasteiger partial charge in [0.15, 0.2) is 0 Å². The Morgan fingerprint density at radius 3 is 2.59 bits per heavy atom. The van der Waals surface area contributed by atoms with E-state index in [-0.39, 0.29) is 0 Å². The van der Waals surface area contributed by atoms with E-state index in [0.29, 0.717) is 6.04 Å². The summed E-state index contributed by atoms with van der Waals surface area (Å²) in [5, 5.41) is 3.56. The number of furan rings is 1. The SMILES string of the molecule is CCC(NCCc1ccco1)c1ccccc1. The number of hydrogen-bond donors (Lipinski definition) is 1. The van der Waals surface area contributed by atoms with Crippen LogP contribution in [0, 0.1) is 0 Å². The van der Waals surface area contributed by atoms with Crippen molar-refractivity contribution < 1.29 is 4.42 Å². The third-order valence-corrected chi connectivity index (χ3v) is 2.95. The van der Waals surface area contributed by atoms with E-state index in [0.717, 1.165) is 25.1 Å². The maximum absolute atomic E-state index is 5.31. The number of rotatable bonds is 6. The van der Waals surface area contributed by atoms with E-state index in [9.17, 15) is 0 Å². The van der Waals surface area contributed by atoms with E-state index < -0.39 is 0 Å². The van der Waals surface area contributed by atoms with Gasteiger partial charge in [-0.05, 0) is 24.1 Å². The lowest BCUT2D eigenvalue weighted by Gasteiger charge is -2.16. The molecule has 0 spiro atoms. The molecule has 0 amide bonds. The lowest BCUT2D eigenvalue weighted by molar-refractivity contribution is 0.472. The van der Waals surface area contributed by atoms with Crippen LogP contribution in [0.2, 0.25) is 0 Å². The predicted octanol–water partition coefficient (Wildman–Crippen LogP) is 3.56. The Kier molecular flexibility index (Phi) is 4.39. The Bertz CT molecular complexity index is 408. The summed E-state index contributed by atoms with van der Waals surface area (Å²) in [4.78, 5) is 0. The van der Waals surface area contributed by atoms with Crippen molar-refractivity contribution in [2.45, 2.75) is 25.8 Å². The maximum Gasteiger partial charge on any atom is 0.105 e. The standard InChI is InChI=1S/C15H19NO/c1-2-15(13-7-4-3-5-8-13)16-11-10-14-9-6-12-17-14/h3-9,12,15-16H,2,10-11H2,1H3. The summed E-state index contributed by atoms with van der Waals surface area (Å²) in [6.45, 7) is 3.15. The molecule has 1 aromatic carbocycles. The minimum Gasteiger partial charge on any atom is -0.469 e. The molecule has 0 aliphatic rings. The van der Waals surface area contributed by atoms with E-state index in [1.807, 2.05) is 12.1 Å². The van der Waals surface area contributed by atoms with E-state index in [4.69, 9.17) is 4.42 Å². The second-order valence-corrected chi connectivity index (χ2v) is 4.16. The zero-order chi connectivity index (χ0) is 11.9. The van der Waals surface area contributed by atoms with E-state index in [1.165, 1.54) is 5.56 Å². The van der Waals surface area contributed by atoms with Crippen LogP contribution >= 0.6 is 0 Å². The van der Waals surface area contributed by atoms with Crippen LogP contribution in [0.3, 0.4) is 0 Å². The van der Waals surface area contributed by atoms with Gasteiger partial charge in [0.2, 0.25) is 0 Å². The molecule has 2 aromatic rings. The lowest BCUT2D eigenvalue weighted by Crippen LogP contribution is -2.23. The Morgan fingerprint density at radius 1 is 1.12 bits per heavy atom. The zero-order valence-corrected chi connectivity index (χ0v) is 10.2. The van der Waals surface area contributed by atoms with Crippen LogP contribution in [0.15, 0.2) is 53.1 Å². The Morgan fingerprint density at radius 2 is 1.94 bits per heavy atom. The molecule has 0 aliphatic heterocycles. The normalized spacial score (nSPS) is 12.5. The molecule has 0 bridgehead atoms. The van der Waals surface area contributed by atoms with Crippen LogP contribution in [-0.2, 0) is 6.42 Å². The van der Waals surface area contributed by atoms with Gasteiger partial charge >= 0.3 is 0 Å². The molecular weight excluding hydrogens is 210 g/mol. The summed E-state index contributed by atoms with van der Waals surface area (Å²) in [6.07, 6.45) is 3.77. The van der Waals surface area contributed by atoms with Crippen molar-refractivity contribution in [2.24, 2.45) is 0 Å². The molecular formula is C15H19NO. The fourth-order valence-electron chi connectivity index (χ4n) is 2.01. The van der Waals surface area contributed by atoms with Crippen LogP contribution in [0.5, 0.6) is 0 Å². The molecule has 0 saturated carbocycles. The first-order valence-electron chi connectivity index (χ1n) is 6.21. The van der Waals surface area contributed by atoms with Gasteiger partial charge in [-0.2, -0.15) is 0 Å². The Labute approximate surface area is 103 Å². The van der Waals surface area contributed by atoms with Crippen LogP contribution < -0.4 is 5.32 Å². The van der Waals surface area contributed by atoms with E-state index in [2.05, 4.69) is 42.6 Å². The van der Waals surface area contributed by atoms with Crippen molar-refractivity contribution in [3.05, 3.63) is 60.1 Å². The minimum atomic E-state index is 0.436. The summed E-state index contributed by atoms with van der Waals surface area (Å²) in [7, 11) is 0. The molecule has 1 aromatic heterocycles. The minimum absolute atomic E-state index is 0.436. The predicted molar refractivity (Wildman–Crippen MR) is 69.9 cm³/mol. The fourth-order valence-corrected chi connectivity index (χ4v) is 2.01. The molecule has 0 fully saturated rings. The van der Waals surface area contributed by atoms with Gasteiger partial charge in [-0.1, -0.05) is 37.3 Å².